The lowest BCUT2D eigenvalue weighted by Gasteiger charge is -1.97. The van der Waals surface area contributed by atoms with Gasteiger partial charge in [-0.15, -0.1) is 0 Å². The van der Waals surface area contributed by atoms with Crippen molar-refractivity contribution in [3.05, 3.63) is 28.5 Å². The fourth-order valence-electron chi connectivity index (χ4n) is 0.720. The third kappa shape index (κ3) is 2.50. The summed E-state index contributed by atoms with van der Waals surface area (Å²) in [6, 6.07) is 1.21. The SMILES string of the molecule is O.O=Cc1cc(Cl)ncc1C(=O)O. The van der Waals surface area contributed by atoms with Gasteiger partial charge in [0.2, 0.25) is 0 Å². The Morgan fingerprint density at radius 1 is 1.62 bits per heavy atom. The predicted molar refractivity (Wildman–Crippen MR) is 45.2 cm³/mol. The van der Waals surface area contributed by atoms with Crippen LogP contribution in [0.3, 0.4) is 0 Å². The van der Waals surface area contributed by atoms with Gasteiger partial charge >= 0.3 is 5.97 Å². The number of halogens is 1. The molecule has 0 aromatic carbocycles. The van der Waals surface area contributed by atoms with Crippen molar-refractivity contribution in [1.29, 1.82) is 0 Å². The molecular formula is C7H6ClNO4. The van der Waals surface area contributed by atoms with Crippen molar-refractivity contribution in [3.63, 3.8) is 0 Å². The number of carbonyl (C=O) groups is 2. The number of carboxylic acids is 1. The second-order valence-corrected chi connectivity index (χ2v) is 2.40. The molecule has 0 bridgehead atoms. The average molecular weight is 204 g/mol. The molecule has 0 aliphatic rings. The van der Waals surface area contributed by atoms with E-state index in [2.05, 4.69) is 4.98 Å². The molecule has 3 N–H and O–H groups in total. The molecule has 1 heterocycles. The first-order chi connectivity index (χ1) is 5.65. The van der Waals surface area contributed by atoms with Crippen molar-refractivity contribution in [3.8, 4) is 0 Å². The summed E-state index contributed by atoms with van der Waals surface area (Å²) in [7, 11) is 0. The standard InChI is InChI=1S/C7H4ClNO3.H2O/c8-6-1-4(3-10)5(2-9-6)7(11)12;/h1-3H,(H,11,12);1H2. The molecule has 0 fully saturated rings. The fourth-order valence-corrected chi connectivity index (χ4v) is 0.887. The molecule has 0 unspecified atom stereocenters. The second-order valence-electron chi connectivity index (χ2n) is 2.02. The molecule has 0 saturated carbocycles. The number of rotatable bonds is 2. The van der Waals surface area contributed by atoms with E-state index in [1.165, 1.54) is 6.07 Å². The Bertz CT molecular complexity index is 339. The monoisotopic (exact) mass is 203 g/mol. The topological polar surface area (TPSA) is 98.8 Å². The first-order valence-corrected chi connectivity index (χ1v) is 3.37. The highest BCUT2D eigenvalue weighted by Crippen LogP contribution is 2.10. The van der Waals surface area contributed by atoms with E-state index in [1.807, 2.05) is 0 Å². The van der Waals surface area contributed by atoms with Gasteiger partial charge in [-0.2, -0.15) is 0 Å². The lowest BCUT2D eigenvalue weighted by atomic mass is 10.2. The van der Waals surface area contributed by atoms with Crippen LogP contribution >= 0.6 is 11.6 Å². The Morgan fingerprint density at radius 2 is 2.23 bits per heavy atom. The highest BCUT2D eigenvalue weighted by Gasteiger charge is 2.09. The van der Waals surface area contributed by atoms with Crippen LogP contribution in [0.4, 0.5) is 0 Å². The van der Waals surface area contributed by atoms with E-state index in [4.69, 9.17) is 16.7 Å². The summed E-state index contributed by atoms with van der Waals surface area (Å²) >= 11 is 5.44. The maximum atomic E-state index is 10.4. The van der Waals surface area contributed by atoms with Crippen LogP contribution in [0.15, 0.2) is 12.3 Å². The van der Waals surface area contributed by atoms with E-state index in [9.17, 15) is 9.59 Å². The van der Waals surface area contributed by atoms with Crippen LogP contribution in [0.2, 0.25) is 5.15 Å². The molecule has 0 saturated heterocycles. The minimum absolute atomic E-state index is 0. The molecular weight excluding hydrogens is 198 g/mol. The lowest BCUT2D eigenvalue weighted by molar-refractivity contribution is 0.0693. The van der Waals surface area contributed by atoms with E-state index in [0.717, 1.165) is 6.20 Å². The van der Waals surface area contributed by atoms with E-state index in [0.29, 0.717) is 6.29 Å². The number of carboxylic acid groups (broad SMARTS) is 1. The summed E-state index contributed by atoms with van der Waals surface area (Å²) in [6.07, 6.45) is 1.48. The zero-order valence-corrected chi connectivity index (χ0v) is 7.08. The molecule has 70 valence electrons. The maximum absolute atomic E-state index is 10.4. The van der Waals surface area contributed by atoms with Crippen LogP contribution in [-0.4, -0.2) is 27.8 Å². The van der Waals surface area contributed by atoms with E-state index in [1.54, 1.807) is 0 Å². The third-order valence-corrected chi connectivity index (χ3v) is 1.47. The number of aromatic nitrogens is 1. The Morgan fingerprint density at radius 3 is 2.69 bits per heavy atom. The summed E-state index contributed by atoms with van der Waals surface area (Å²) in [5, 5.41) is 8.64. The van der Waals surface area contributed by atoms with Crippen molar-refractivity contribution < 1.29 is 20.2 Å². The van der Waals surface area contributed by atoms with Gasteiger partial charge in [-0.3, -0.25) is 4.79 Å². The number of nitrogens with zero attached hydrogens (tertiary/aromatic N) is 1. The lowest BCUT2D eigenvalue weighted by Crippen LogP contribution is -2.02. The minimum Gasteiger partial charge on any atom is -0.478 e. The van der Waals surface area contributed by atoms with Crippen molar-refractivity contribution in [2.24, 2.45) is 0 Å². The van der Waals surface area contributed by atoms with Crippen molar-refractivity contribution >= 4 is 23.9 Å². The smallest absolute Gasteiger partial charge is 0.337 e. The molecule has 5 nitrogen and oxygen atoms in total. The fraction of sp³-hybridized carbons (Fsp3) is 0. The molecule has 0 radical (unpaired) electrons. The van der Waals surface area contributed by atoms with Crippen molar-refractivity contribution in [2.45, 2.75) is 0 Å². The molecule has 0 atom stereocenters. The second kappa shape index (κ2) is 4.54. The quantitative estimate of drug-likeness (QED) is 0.556. The highest BCUT2D eigenvalue weighted by atomic mass is 35.5. The van der Waals surface area contributed by atoms with Gasteiger partial charge in [0.15, 0.2) is 6.29 Å². The average Bonchev–Trinajstić information content (AvgIpc) is 2.03. The summed E-state index contributed by atoms with van der Waals surface area (Å²) in [5.41, 5.74) is -0.114. The largest absolute Gasteiger partial charge is 0.478 e. The van der Waals surface area contributed by atoms with Gasteiger partial charge in [0.1, 0.15) is 5.15 Å². The van der Waals surface area contributed by atoms with Crippen LogP contribution in [-0.2, 0) is 0 Å². The Balaban J connectivity index is 0.00000144. The highest BCUT2D eigenvalue weighted by molar-refractivity contribution is 6.29. The van der Waals surface area contributed by atoms with Crippen molar-refractivity contribution in [1.82, 2.24) is 4.98 Å². The first kappa shape index (κ1) is 11.5. The Hall–Kier alpha value is -1.46. The number of aromatic carboxylic acids is 1. The van der Waals surface area contributed by atoms with Gasteiger partial charge in [0.25, 0.3) is 0 Å². The Labute approximate surface area is 78.3 Å². The van der Waals surface area contributed by atoms with E-state index in [-0.39, 0.29) is 21.8 Å². The molecule has 0 spiro atoms. The minimum atomic E-state index is -1.19. The zero-order chi connectivity index (χ0) is 9.14. The van der Waals surface area contributed by atoms with Gasteiger partial charge in [0.05, 0.1) is 5.56 Å². The van der Waals surface area contributed by atoms with Crippen LogP contribution in [0, 0.1) is 0 Å². The van der Waals surface area contributed by atoms with Gasteiger partial charge in [0, 0.05) is 11.8 Å². The maximum Gasteiger partial charge on any atom is 0.337 e. The van der Waals surface area contributed by atoms with Gasteiger partial charge in [-0.25, -0.2) is 9.78 Å². The normalized spacial score (nSPS) is 8.69. The summed E-state index contributed by atoms with van der Waals surface area (Å²) in [6.45, 7) is 0. The van der Waals surface area contributed by atoms with Crippen LogP contribution in [0.5, 0.6) is 0 Å². The molecule has 0 amide bonds. The number of hydrogen-bond acceptors (Lipinski definition) is 3. The first-order valence-electron chi connectivity index (χ1n) is 2.99. The zero-order valence-electron chi connectivity index (χ0n) is 6.32. The molecule has 0 aliphatic carbocycles. The van der Waals surface area contributed by atoms with E-state index < -0.39 is 5.97 Å². The predicted octanol–water partition coefficient (Wildman–Crippen LogP) is 0.421. The number of carbonyl (C=O) groups excluding carboxylic acids is 1. The molecule has 13 heavy (non-hydrogen) atoms. The summed E-state index contributed by atoms with van der Waals surface area (Å²) < 4.78 is 0. The van der Waals surface area contributed by atoms with Crippen LogP contribution in [0.1, 0.15) is 20.7 Å². The van der Waals surface area contributed by atoms with Crippen LogP contribution < -0.4 is 0 Å². The Kier molecular flexibility index (Phi) is 4.03. The van der Waals surface area contributed by atoms with Crippen molar-refractivity contribution in [2.75, 3.05) is 0 Å². The van der Waals surface area contributed by atoms with Gasteiger partial charge < -0.3 is 10.6 Å². The number of hydrogen-bond donors (Lipinski definition) is 1. The van der Waals surface area contributed by atoms with Gasteiger partial charge in [-0.1, -0.05) is 11.6 Å². The summed E-state index contributed by atoms with van der Waals surface area (Å²) in [5.74, 6) is -1.19. The molecule has 1 rings (SSSR count). The molecule has 0 aliphatic heterocycles. The summed E-state index contributed by atoms with van der Waals surface area (Å²) in [4.78, 5) is 24.3. The number of pyridine rings is 1. The van der Waals surface area contributed by atoms with Gasteiger partial charge in [-0.05, 0) is 6.07 Å². The van der Waals surface area contributed by atoms with E-state index >= 15 is 0 Å². The number of aldehydes is 1. The third-order valence-electron chi connectivity index (χ3n) is 1.26. The molecule has 6 heteroatoms. The molecule has 1 aromatic rings. The molecule has 1 aromatic heterocycles. The van der Waals surface area contributed by atoms with Crippen LogP contribution in [0.25, 0.3) is 0 Å².